The van der Waals surface area contributed by atoms with E-state index in [1.807, 2.05) is 24.3 Å². The molecule has 3 nitrogen and oxygen atoms in total. The summed E-state index contributed by atoms with van der Waals surface area (Å²) in [6, 6.07) is 15.0. The fourth-order valence-corrected chi connectivity index (χ4v) is 3.03. The molecular weight excluding hydrogens is 291 g/mol. The SMILES string of the molecule is COc1ccccc1CN1CCN(Cc2ccc(F)cc2)CC1. The molecule has 1 aliphatic heterocycles. The lowest BCUT2D eigenvalue weighted by molar-refractivity contribution is 0.121. The van der Waals surface area contributed by atoms with Crippen LogP contribution in [0.3, 0.4) is 0 Å². The Hall–Kier alpha value is -1.91. The van der Waals surface area contributed by atoms with Gasteiger partial charge in [0.2, 0.25) is 0 Å². The van der Waals surface area contributed by atoms with Gasteiger partial charge in [-0.2, -0.15) is 0 Å². The fraction of sp³-hybridized carbons (Fsp3) is 0.368. The standard InChI is InChI=1S/C19H23FN2O/c1-23-19-5-3-2-4-17(19)15-22-12-10-21(11-13-22)14-16-6-8-18(20)9-7-16/h2-9H,10-15H2,1H3. The van der Waals surface area contributed by atoms with Crippen molar-refractivity contribution >= 4 is 0 Å². The monoisotopic (exact) mass is 314 g/mol. The Bertz CT molecular complexity index is 622. The van der Waals surface area contributed by atoms with Crippen LogP contribution in [-0.2, 0) is 13.1 Å². The summed E-state index contributed by atoms with van der Waals surface area (Å²) in [5, 5.41) is 0. The van der Waals surface area contributed by atoms with Gasteiger partial charge in [-0.25, -0.2) is 4.39 Å². The summed E-state index contributed by atoms with van der Waals surface area (Å²) >= 11 is 0. The minimum Gasteiger partial charge on any atom is -0.496 e. The molecule has 0 aromatic heterocycles. The molecule has 0 unspecified atom stereocenters. The van der Waals surface area contributed by atoms with E-state index in [0.717, 1.165) is 45.0 Å². The molecule has 1 fully saturated rings. The number of para-hydroxylation sites is 1. The predicted octanol–water partition coefficient (Wildman–Crippen LogP) is 3.15. The molecule has 0 amide bonds. The molecule has 0 N–H and O–H groups in total. The average Bonchev–Trinajstić information content (AvgIpc) is 2.59. The van der Waals surface area contributed by atoms with Crippen molar-refractivity contribution in [3.63, 3.8) is 0 Å². The first-order valence-electron chi connectivity index (χ1n) is 8.05. The van der Waals surface area contributed by atoms with Crippen LogP contribution < -0.4 is 4.74 Å². The summed E-state index contributed by atoms with van der Waals surface area (Å²) in [4.78, 5) is 4.88. The average molecular weight is 314 g/mol. The van der Waals surface area contributed by atoms with Crippen molar-refractivity contribution in [3.8, 4) is 5.75 Å². The summed E-state index contributed by atoms with van der Waals surface area (Å²) in [5.41, 5.74) is 2.41. The second kappa shape index (κ2) is 7.57. The number of hydrogen-bond acceptors (Lipinski definition) is 3. The van der Waals surface area contributed by atoms with Gasteiger partial charge in [-0.05, 0) is 23.8 Å². The molecule has 0 atom stereocenters. The number of nitrogens with zero attached hydrogens (tertiary/aromatic N) is 2. The lowest BCUT2D eigenvalue weighted by Gasteiger charge is -2.35. The zero-order chi connectivity index (χ0) is 16.1. The zero-order valence-electron chi connectivity index (χ0n) is 13.5. The molecule has 2 aromatic carbocycles. The molecule has 122 valence electrons. The second-order valence-electron chi connectivity index (χ2n) is 5.99. The number of hydrogen-bond donors (Lipinski definition) is 0. The van der Waals surface area contributed by atoms with Crippen LogP contribution in [0.1, 0.15) is 11.1 Å². The van der Waals surface area contributed by atoms with Gasteiger partial charge < -0.3 is 4.74 Å². The first-order chi connectivity index (χ1) is 11.2. The molecule has 1 aliphatic rings. The summed E-state index contributed by atoms with van der Waals surface area (Å²) in [6.07, 6.45) is 0. The highest BCUT2D eigenvalue weighted by molar-refractivity contribution is 5.33. The van der Waals surface area contributed by atoms with Crippen molar-refractivity contribution in [2.45, 2.75) is 13.1 Å². The van der Waals surface area contributed by atoms with Gasteiger partial charge in [0.25, 0.3) is 0 Å². The molecular formula is C19H23FN2O. The minimum atomic E-state index is -0.171. The molecule has 3 rings (SSSR count). The molecule has 1 heterocycles. The number of ether oxygens (including phenoxy) is 1. The lowest BCUT2D eigenvalue weighted by Crippen LogP contribution is -2.45. The Balaban J connectivity index is 1.51. The van der Waals surface area contributed by atoms with Crippen molar-refractivity contribution in [2.75, 3.05) is 33.3 Å². The van der Waals surface area contributed by atoms with E-state index in [1.165, 1.54) is 23.3 Å². The number of piperazine rings is 1. The van der Waals surface area contributed by atoms with Crippen LogP contribution >= 0.6 is 0 Å². The number of benzene rings is 2. The van der Waals surface area contributed by atoms with E-state index in [2.05, 4.69) is 21.9 Å². The van der Waals surface area contributed by atoms with Gasteiger partial charge in [0.1, 0.15) is 11.6 Å². The third-order valence-corrected chi connectivity index (χ3v) is 4.37. The van der Waals surface area contributed by atoms with Crippen LogP contribution in [-0.4, -0.2) is 43.1 Å². The Labute approximate surface area is 137 Å². The number of rotatable bonds is 5. The van der Waals surface area contributed by atoms with Gasteiger partial charge >= 0.3 is 0 Å². The van der Waals surface area contributed by atoms with E-state index >= 15 is 0 Å². The Morgan fingerprint density at radius 1 is 0.870 bits per heavy atom. The normalized spacial score (nSPS) is 16.4. The Morgan fingerprint density at radius 3 is 2.13 bits per heavy atom. The topological polar surface area (TPSA) is 15.7 Å². The predicted molar refractivity (Wildman–Crippen MR) is 89.9 cm³/mol. The molecule has 0 radical (unpaired) electrons. The molecule has 23 heavy (non-hydrogen) atoms. The van der Waals surface area contributed by atoms with E-state index in [4.69, 9.17) is 4.74 Å². The van der Waals surface area contributed by atoms with Crippen LogP contribution in [0, 0.1) is 5.82 Å². The highest BCUT2D eigenvalue weighted by atomic mass is 19.1. The smallest absolute Gasteiger partial charge is 0.123 e. The third kappa shape index (κ3) is 4.30. The van der Waals surface area contributed by atoms with E-state index in [-0.39, 0.29) is 5.82 Å². The molecule has 0 saturated carbocycles. The van der Waals surface area contributed by atoms with Crippen LogP contribution in [0.5, 0.6) is 5.75 Å². The molecule has 2 aromatic rings. The Morgan fingerprint density at radius 2 is 1.48 bits per heavy atom. The first kappa shape index (κ1) is 16.0. The zero-order valence-corrected chi connectivity index (χ0v) is 13.5. The fourth-order valence-electron chi connectivity index (χ4n) is 3.03. The second-order valence-corrected chi connectivity index (χ2v) is 5.99. The van der Waals surface area contributed by atoms with Crippen LogP contribution in [0.25, 0.3) is 0 Å². The van der Waals surface area contributed by atoms with E-state index in [0.29, 0.717) is 0 Å². The number of halogens is 1. The highest BCUT2D eigenvalue weighted by Gasteiger charge is 2.18. The van der Waals surface area contributed by atoms with Crippen molar-refractivity contribution in [2.24, 2.45) is 0 Å². The summed E-state index contributed by atoms with van der Waals surface area (Å²) < 4.78 is 18.4. The molecule has 0 spiro atoms. The van der Waals surface area contributed by atoms with E-state index in [9.17, 15) is 4.39 Å². The van der Waals surface area contributed by atoms with Crippen molar-refractivity contribution in [1.82, 2.24) is 9.80 Å². The maximum Gasteiger partial charge on any atom is 0.123 e. The molecule has 0 bridgehead atoms. The first-order valence-corrected chi connectivity index (χ1v) is 8.05. The highest BCUT2D eigenvalue weighted by Crippen LogP contribution is 2.20. The van der Waals surface area contributed by atoms with Gasteiger partial charge in [-0.15, -0.1) is 0 Å². The van der Waals surface area contributed by atoms with Gasteiger partial charge in [0.15, 0.2) is 0 Å². The maximum atomic E-state index is 13.0. The van der Waals surface area contributed by atoms with Crippen molar-refractivity contribution < 1.29 is 9.13 Å². The van der Waals surface area contributed by atoms with Crippen molar-refractivity contribution in [1.29, 1.82) is 0 Å². The number of methoxy groups -OCH3 is 1. The summed E-state index contributed by atoms with van der Waals surface area (Å²) in [5.74, 6) is 0.789. The van der Waals surface area contributed by atoms with E-state index in [1.54, 1.807) is 7.11 Å². The van der Waals surface area contributed by atoms with Crippen LogP contribution in [0.15, 0.2) is 48.5 Å². The third-order valence-electron chi connectivity index (χ3n) is 4.37. The quantitative estimate of drug-likeness (QED) is 0.843. The van der Waals surface area contributed by atoms with Crippen LogP contribution in [0.2, 0.25) is 0 Å². The molecule has 4 heteroatoms. The maximum absolute atomic E-state index is 13.0. The van der Waals surface area contributed by atoms with Crippen molar-refractivity contribution in [3.05, 3.63) is 65.5 Å². The largest absolute Gasteiger partial charge is 0.496 e. The Kier molecular flexibility index (Phi) is 5.26. The van der Waals surface area contributed by atoms with Crippen LogP contribution in [0.4, 0.5) is 4.39 Å². The van der Waals surface area contributed by atoms with E-state index < -0.39 is 0 Å². The van der Waals surface area contributed by atoms with Gasteiger partial charge in [-0.1, -0.05) is 30.3 Å². The van der Waals surface area contributed by atoms with Gasteiger partial charge in [0, 0.05) is 44.8 Å². The van der Waals surface area contributed by atoms with Gasteiger partial charge in [0.05, 0.1) is 7.11 Å². The summed E-state index contributed by atoms with van der Waals surface area (Å²) in [6.45, 7) is 5.97. The molecule has 1 saturated heterocycles. The summed E-state index contributed by atoms with van der Waals surface area (Å²) in [7, 11) is 1.72. The lowest BCUT2D eigenvalue weighted by atomic mass is 10.1. The minimum absolute atomic E-state index is 0.171. The van der Waals surface area contributed by atoms with Gasteiger partial charge in [-0.3, -0.25) is 9.80 Å². The molecule has 0 aliphatic carbocycles.